The molecule has 1 fully saturated rings. The summed E-state index contributed by atoms with van der Waals surface area (Å²) in [6.07, 6.45) is 3.36. The quantitative estimate of drug-likeness (QED) is 0.239. The van der Waals surface area contributed by atoms with Gasteiger partial charge in [-0.05, 0) is 59.6 Å². The number of fused-ring (bicyclic) bond motifs is 1. The minimum absolute atomic E-state index is 0.0468. The van der Waals surface area contributed by atoms with Crippen molar-refractivity contribution in [2.45, 2.75) is 32.1 Å². The molecule has 11 heteroatoms. The summed E-state index contributed by atoms with van der Waals surface area (Å²) in [5.41, 5.74) is 2.15. The number of carbonyl (C=O) groups excluding carboxylic acids is 1. The third-order valence-corrected chi connectivity index (χ3v) is 9.55. The number of hydrogen-bond acceptors (Lipinski definition) is 8. The van der Waals surface area contributed by atoms with Crippen molar-refractivity contribution < 1.29 is 33.3 Å². The van der Waals surface area contributed by atoms with Gasteiger partial charge in [0.25, 0.3) is 0 Å². The van der Waals surface area contributed by atoms with Crippen LogP contribution in [-0.4, -0.2) is 47.2 Å². The number of carbonyl (C=O) groups is 1. The monoisotopic (exact) mass is 621 g/mol. The zero-order valence-corrected chi connectivity index (χ0v) is 26.0. The molecule has 5 rings (SSSR count). The van der Waals surface area contributed by atoms with E-state index in [1.54, 1.807) is 28.4 Å². The Labute approximate surface area is 253 Å². The molecule has 3 aliphatic carbocycles. The Morgan fingerprint density at radius 3 is 2.15 bits per heavy atom. The lowest BCUT2D eigenvalue weighted by Gasteiger charge is -2.44. The van der Waals surface area contributed by atoms with Crippen LogP contribution in [0.15, 0.2) is 46.5 Å². The number of oxime groups is 1. The van der Waals surface area contributed by atoms with Crippen molar-refractivity contribution in [3.05, 3.63) is 73.1 Å². The first kappa shape index (κ1) is 29.4. The van der Waals surface area contributed by atoms with Crippen LogP contribution in [-0.2, 0) is 26.1 Å². The van der Waals surface area contributed by atoms with Crippen molar-refractivity contribution in [1.29, 1.82) is 0 Å². The van der Waals surface area contributed by atoms with E-state index in [9.17, 15) is 4.79 Å². The van der Waals surface area contributed by atoms with Gasteiger partial charge in [-0.2, -0.15) is 0 Å². The topological polar surface area (TPSA) is 84.8 Å². The fourth-order valence-corrected chi connectivity index (χ4v) is 7.91. The fraction of sp³-hybridized carbons (Fsp3) is 0.400. The Hall–Kier alpha value is -3.07. The smallest absolute Gasteiger partial charge is 0.368 e. The maximum absolute atomic E-state index is 13.0. The van der Waals surface area contributed by atoms with Crippen LogP contribution >= 0.6 is 34.8 Å². The van der Waals surface area contributed by atoms with Crippen molar-refractivity contribution in [1.82, 2.24) is 0 Å². The highest BCUT2D eigenvalue weighted by molar-refractivity contribution is 6.41. The summed E-state index contributed by atoms with van der Waals surface area (Å²) in [5.74, 6) is 1.88. The van der Waals surface area contributed by atoms with E-state index in [4.69, 9.17) is 63.3 Å². The minimum atomic E-state index is -0.841. The average molecular weight is 623 g/mol. The number of halogens is 3. The van der Waals surface area contributed by atoms with E-state index < -0.39 is 11.4 Å². The highest BCUT2D eigenvalue weighted by atomic mass is 35.5. The lowest BCUT2D eigenvalue weighted by atomic mass is 9.60. The molecule has 0 radical (unpaired) electrons. The predicted molar refractivity (Wildman–Crippen MR) is 157 cm³/mol. The molecule has 0 aromatic heterocycles. The van der Waals surface area contributed by atoms with Crippen molar-refractivity contribution in [3.63, 3.8) is 0 Å². The predicted octanol–water partition coefficient (Wildman–Crippen LogP) is 7.17. The highest BCUT2D eigenvalue weighted by Crippen LogP contribution is 2.73. The van der Waals surface area contributed by atoms with Gasteiger partial charge in [0.1, 0.15) is 5.71 Å². The molecule has 0 heterocycles. The van der Waals surface area contributed by atoms with Gasteiger partial charge >= 0.3 is 5.97 Å². The van der Waals surface area contributed by atoms with Gasteiger partial charge in [-0.3, -0.25) is 0 Å². The molecule has 1 saturated carbocycles. The molecule has 1 spiro atoms. The van der Waals surface area contributed by atoms with Gasteiger partial charge in [-0.15, -0.1) is 0 Å². The van der Waals surface area contributed by atoms with E-state index in [1.807, 2.05) is 12.1 Å². The second kappa shape index (κ2) is 10.6. The van der Waals surface area contributed by atoms with Crippen LogP contribution in [0.4, 0.5) is 0 Å². The van der Waals surface area contributed by atoms with E-state index in [0.29, 0.717) is 33.8 Å². The van der Waals surface area contributed by atoms with Crippen LogP contribution in [0.5, 0.6) is 17.2 Å². The Balaban J connectivity index is 1.72. The molecular formula is C30H30Cl3NO7. The first-order valence-corrected chi connectivity index (χ1v) is 14.0. The van der Waals surface area contributed by atoms with Crippen LogP contribution < -0.4 is 14.2 Å². The van der Waals surface area contributed by atoms with Crippen LogP contribution in [0.3, 0.4) is 0 Å². The molecule has 3 aliphatic rings. The molecule has 218 valence electrons. The summed E-state index contributed by atoms with van der Waals surface area (Å²) in [7, 11) is 7.91. The van der Waals surface area contributed by atoms with Gasteiger partial charge in [-0.1, -0.05) is 53.8 Å². The largest absolute Gasteiger partial charge is 0.496 e. The van der Waals surface area contributed by atoms with E-state index in [1.165, 1.54) is 19.2 Å². The average Bonchev–Trinajstić information content (AvgIpc) is 3.32. The molecule has 2 aromatic rings. The third-order valence-electron chi connectivity index (χ3n) is 8.73. The third kappa shape index (κ3) is 4.02. The van der Waals surface area contributed by atoms with Crippen molar-refractivity contribution in [3.8, 4) is 17.2 Å². The first-order chi connectivity index (χ1) is 19.5. The first-order valence-electron chi connectivity index (χ1n) is 12.8. The Morgan fingerprint density at radius 1 is 0.927 bits per heavy atom. The van der Waals surface area contributed by atoms with Gasteiger partial charge in [0, 0.05) is 10.6 Å². The summed E-state index contributed by atoms with van der Waals surface area (Å²) in [4.78, 5) is 18.3. The Kier molecular flexibility index (Phi) is 7.64. The minimum Gasteiger partial charge on any atom is -0.496 e. The second-order valence-corrected chi connectivity index (χ2v) is 11.7. The van der Waals surface area contributed by atoms with Crippen molar-refractivity contribution in [2.24, 2.45) is 16.5 Å². The van der Waals surface area contributed by atoms with Gasteiger partial charge in [0.05, 0.1) is 56.6 Å². The standard InChI is InChI=1S/C30H30Cl3NO7/c1-14-8-16-10-20(34-41-28(35)22-18(32)11-17(31)12-19(22)33)24(37-4)27(40-7)30(16)23-15(13-29(14,30)2)9-21(36-3)25(38-5)26(23)39-6/h9-12,14H,8,13H2,1-7H3/b34-20+/t14-,29+,30?/m0/s1. The summed E-state index contributed by atoms with van der Waals surface area (Å²) in [5, 5.41) is 4.58. The summed E-state index contributed by atoms with van der Waals surface area (Å²) < 4.78 is 29.6. The Bertz CT molecular complexity index is 1530. The number of hydrogen-bond donors (Lipinski definition) is 0. The molecule has 0 aliphatic heterocycles. The molecule has 3 atom stereocenters. The lowest BCUT2D eigenvalue weighted by Crippen LogP contribution is -2.45. The molecule has 2 aromatic carbocycles. The van der Waals surface area contributed by atoms with Gasteiger partial charge < -0.3 is 28.5 Å². The van der Waals surface area contributed by atoms with Crippen molar-refractivity contribution >= 4 is 46.5 Å². The molecular weight excluding hydrogens is 593 g/mol. The summed E-state index contributed by atoms with van der Waals surface area (Å²) >= 11 is 18.4. The highest BCUT2D eigenvalue weighted by Gasteiger charge is 2.69. The molecule has 0 amide bonds. The zero-order valence-electron chi connectivity index (χ0n) is 23.7. The van der Waals surface area contributed by atoms with Crippen LogP contribution in [0.1, 0.15) is 41.8 Å². The van der Waals surface area contributed by atoms with Crippen molar-refractivity contribution in [2.75, 3.05) is 35.5 Å². The van der Waals surface area contributed by atoms with Crippen LogP contribution in [0, 0.1) is 11.3 Å². The number of benzene rings is 2. The number of methoxy groups -OCH3 is 5. The van der Waals surface area contributed by atoms with Gasteiger partial charge in [-0.25, -0.2) is 4.79 Å². The maximum atomic E-state index is 13.0. The SMILES string of the molecule is COC1=C(OC)C23C(=C/C1=N\OC(=O)c1c(Cl)cc(Cl)cc1Cl)C[C@H](C)[C@@]2(C)Cc1cc(OC)c(OC)c(OC)c13. The molecule has 0 bridgehead atoms. The molecule has 0 saturated heterocycles. The molecule has 0 N–H and O–H groups in total. The van der Waals surface area contributed by atoms with Gasteiger partial charge in [0.2, 0.25) is 5.75 Å². The second-order valence-electron chi connectivity index (χ2n) is 10.5. The van der Waals surface area contributed by atoms with E-state index in [2.05, 4.69) is 19.0 Å². The summed E-state index contributed by atoms with van der Waals surface area (Å²) in [6.45, 7) is 4.46. The van der Waals surface area contributed by atoms with Crippen LogP contribution in [0.2, 0.25) is 15.1 Å². The van der Waals surface area contributed by atoms with Crippen LogP contribution in [0.25, 0.3) is 0 Å². The zero-order chi connectivity index (χ0) is 29.9. The number of nitrogens with zero attached hydrogens (tertiary/aromatic N) is 1. The Morgan fingerprint density at radius 2 is 1.59 bits per heavy atom. The van der Waals surface area contributed by atoms with Gasteiger partial charge in [0.15, 0.2) is 23.0 Å². The normalized spacial score (nSPS) is 25.3. The number of allylic oxidation sites excluding steroid dienone is 2. The number of ether oxygens (including phenoxy) is 5. The molecule has 8 nitrogen and oxygen atoms in total. The molecule has 41 heavy (non-hydrogen) atoms. The van der Waals surface area contributed by atoms with E-state index >= 15 is 0 Å². The maximum Gasteiger partial charge on any atom is 0.368 e. The number of rotatable bonds is 7. The molecule has 1 unspecified atom stereocenters. The van der Waals surface area contributed by atoms with E-state index in [0.717, 1.165) is 29.5 Å². The lowest BCUT2D eigenvalue weighted by molar-refractivity contribution is 0.0514. The summed E-state index contributed by atoms with van der Waals surface area (Å²) in [6, 6.07) is 4.82. The fourth-order valence-electron chi connectivity index (χ4n) is 6.94. The van der Waals surface area contributed by atoms with E-state index in [-0.39, 0.29) is 32.7 Å².